The first-order valence-corrected chi connectivity index (χ1v) is 7.46. The molecule has 0 aromatic heterocycles. The smallest absolute Gasteiger partial charge is 0.123 e. The Hall–Kier alpha value is -1.75. The minimum atomic E-state index is -0.707. The molecule has 4 heteroatoms. The third-order valence-corrected chi connectivity index (χ3v) is 4.45. The molecule has 2 N–H and O–H groups in total. The highest BCUT2D eigenvalue weighted by Crippen LogP contribution is 2.34. The minimum absolute atomic E-state index is 0.0486. The Morgan fingerprint density at radius 2 is 1.86 bits per heavy atom. The van der Waals surface area contributed by atoms with E-state index in [2.05, 4.69) is 0 Å². The molecule has 116 valence electrons. The third kappa shape index (κ3) is 2.90. The maximum Gasteiger partial charge on any atom is 0.123 e. The van der Waals surface area contributed by atoms with Crippen molar-refractivity contribution in [1.82, 2.24) is 4.90 Å². The van der Waals surface area contributed by atoms with Gasteiger partial charge in [-0.05, 0) is 42.3 Å². The van der Waals surface area contributed by atoms with E-state index >= 15 is 0 Å². The number of likely N-dealkylation sites (N-methyl/N-ethyl adjacent to an activating group) is 1. The van der Waals surface area contributed by atoms with Crippen molar-refractivity contribution in [3.05, 3.63) is 71.0 Å². The second kappa shape index (κ2) is 6.16. The molecule has 0 spiro atoms. The van der Waals surface area contributed by atoms with Crippen LogP contribution in [0.15, 0.2) is 48.5 Å². The van der Waals surface area contributed by atoms with E-state index in [1.807, 2.05) is 36.2 Å². The van der Waals surface area contributed by atoms with Gasteiger partial charge in [0.25, 0.3) is 0 Å². The molecule has 3 rings (SSSR count). The number of halogens is 1. The second-order valence-corrected chi connectivity index (χ2v) is 5.92. The summed E-state index contributed by atoms with van der Waals surface area (Å²) in [6.07, 6.45) is -0.479. The number of nitrogens with zero attached hydrogens (tertiary/aromatic N) is 1. The average molecular weight is 301 g/mol. The Balaban J connectivity index is 1.68. The van der Waals surface area contributed by atoms with Crippen LogP contribution in [-0.4, -0.2) is 34.7 Å². The topological polar surface area (TPSA) is 43.7 Å². The van der Waals surface area contributed by atoms with E-state index in [4.69, 9.17) is 0 Å². The Bertz CT molecular complexity index is 644. The van der Waals surface area contributed by atoms with Gasteiger partial charge in [-0.25, -0.2) is 4.39 Å². The fraction of sp³-hybridized carbons (Fsp3) is 0.333. The quantitative estimate of drug-likeness (QED) is 0.911. The largest absolute Gasteiger partial charge is 0.387 e. The Morgan fingerprint density at radius 3 is 2.55 bits per heavy atom. The lowest BCUT2D eigenvalue weighted by Gasteiger charge is -2.29. The number of benzene rings is 2. The summed E-state index contributed by atoms with van der Waals surface area (Å²) >= 11 is 0. The summed E-state index contributed by atoms with van der Waals surface area (Å²) < 4.78 is 12.9. The predicted octanol–water partition coefficient (Wildman–Crippen LogP) is 2.45. The second-order valence-electron chi connectivity index (χ2n) is 5.92. The van der Waals surface area contributed by atoms with Crippen LogP contribution in [0.5, 0.6) is 0 Å². The molecular formula is C18H20FNO2. The Kier molecular flexibility index (Phi) is 4.25. The number of aliphatic hydroxyl groups excluding tert-OH is 2. The number of rotatable bonds is 4. The Labute approximate surface area is 129 Å². The summed E-state index contributed by atoms with van der Waals surface area (Å²) in [6.45, 7) is 0.390. The van der Waals surface area contributed by atoms with Crippen LogP contribution in [0.1, 0.15) is 28.9 Å². The van der Waals surface area contributed by atoms with E-state index in [1.165, 1.54) is 12.1 Å². The van der Waals surface area contributed by atoms with E-state index in [-0.39, 0.29) is 11.9 Å². The maximum absolute atomic E-state index is 12.9. The van der Waals surface area contributed by atoms with E-state index in [0.29, 0.717) is 12.1 Å². The zero-order valence-electron chi connectivity index (χ0n) is 12.5. The lowest BCUT2D eigenvalue weighted by atomic mass is 10.1. The monoisotopic (exact) mass is 301 g/mol. The summed E-state index contributed by atoms with van der Waals surface area (Å²) in [6, 6.07) is 13.7. The van der Waals surface area contributed by atoms with E-state index < -0.39 is 12.2 Å². The van der Waals surface area contributed by atoms with Crippen LogP contribution in [0.4, 0.5) is 4.39 Å². The zero-order valence-corrected chi connectivity index (χ0v) is 12.5. The molecule has 0 saturated heterocycles. The van der Waals surface area contributed by atoms with Crippen LogP contribution in [0.3, 0.4) is 0 Å². The van der Waals surface area contributed by atoms with Crippen LogP contribution in [0, 0.1) is 5.82 Å². The summed E-state index contributed by atoms with van der Waals surface area (Å²) in [5, 5.41) is 20.8. The molecule has 0 heterocycles. The minimum Gasteiger partial charge on any atom is -0.387 e. The first kappa shape index (κ1) is 15.2. The molecule has 0 bridgehead atoms. The van der Waals surface area contributed by atoms with Crippen molar-refractivity contribution in [1.29, 1.82) is 0 Å². The number of hydrogen-bond acceptors (Lipinski definition) is 3. The van der Waals surface area contributed by atoms with Crippen LogP contribution in [0.2, 0.25) is 0 Å². The van der Waals surface area contributed by atoms with Gasteiger partial charge >= 0.3 is 0 Å². The van der Waals surface area contributed by atoms with Gasteiger partial charge in [-0.3, -0.25) is 4.90 Å². The van der Waals surface area contributed by atoms with Crippen molar-refractivity contribution < 1.29 is 14.6 Å². The maximum atomic E-state index is 12.9. The van der Waals surface area contributed by atoms with Gasteiger partial charge < -0.3 is 10.2 Å². The van der Waals surface area contributed by atoms with Crippen LogP contribution >= 0.6 is 0 Å². The van der Waals surface area contributed by atoms with Crippen molar-refractivity contribution in [2.75, 3.05) is 13.6 Å². The molecular weight excluding hydrogens is 281 g/mol. The van der Waals surface area contributed by atoms with Crippen molar-refractivity contribution >= 4 is 0 Å². The van der Waals surface area contributed by atoms with Gasteiger partial charge in [-0.2, -0.15) is 0 Å². The summed E-state index contributed by atoms with van der Waals surface area (Å²) in [7, 11) is 1.90. The molecule has 0 radical (unpaired) electrons. The van der Waals surface area contributed by atoms with Gasteiger partial charge in [-0.1, -0.05) is 36.4 Å². The first-order chi connectivity index (χ1) is 10.6. The predicted molar refractivity (Wildman–Crippen MR) is 82.9 cm³/mol. The van der Waals surface area contributed by atoms with Crippen molar-refractivity contribution in [3.8, 4) is 0 Å². The normalized spacial score (nSPS) is 21.9. The number of aliphatic hydroxyl groups is 2. The number of fused-ring (bicyclic) bond motifs is 1. The van der Waals surface area contributed by atoms with Crippen LogP contribution < -0.4 is 0 Å². The highest BCUT2D eigenvalue weighted by atomic mass is 19.1. The molecule has 3 atom stereocenters. The SMILES string of the molecule is CN(C[C@H](O)c1ccc(F)cc1)[C@@H]1Cc2ccccc2[C@H]1O. The molecule has 0 saturated carbocycles. The van der Waals surface area contributed by atoms with E-state index in [0.717, 1.165) is 17.5 Å². The highest BCUT2D eigenvalue weighted by molar-refractivity contribution is 5.36. The number of hydrogen-bond donors (Lipinski definition) is 2. The molecule has 1 aliphatic carbocycles. The molecule has 3 nitrogen and oxygen atoms in total. The van der Waals surface area contributed by atoms with Crippen LogP contribution in [-0.2, 0) is 6.42 Å². The third-order valence-electron chi connectivity index (χ3n) is 4.45. The van der Waals surface area contributed by atoms with Gasteiger partial charge in [0.2, 0.25) is 0 Å². The van der Waals surface area contributed by atoms with Gasteiger partial charge in [0.1, 0.15) is 5.82 Å². The summed E-state index contributed by atoms with van der Waals surface area (Å²) in [5.41, 5.74) is 2.80. The standard InChI is InChI=1S/C18H20FNO2/c1-20(11-17(21)12-6-8-14(19)9-7-12)16-10-13-4-2-3-5-15(13)18(16)22/h2-9,16-18,21-22H,10-11H2,1H3/t16-,17+,18-/m1/s1. The Morgan fingerprint density at radius 1 is 1.18 bits per heavy atom. The van der Waals surface area contributed by atoms with Crippen molar-refractivity contribution in [2.45, 2.75) is 24.7 Å². The summed E-state index contributed by atoms with van der Waals surface area (Å²) in [4.78, 5) is 1.97. The molecule has 2 aromatic carbocycles. The first-order valence-electron chi connectivity index (χ1n) is 7.46. The molecule has 2 aromatic rings. The molecule has 1 aliphatic rings. The van der Waals surface area contributed by atoms with Gasteiger partial charge in [-0.15, -0.1) is 0 Å². The fourth-order valence-corrected chi connectivity index (χ4v) is 3.15. The lowest BCUT2D eigenvalue weighted by molar-refractivity contribution is 0.0431. The van der Waals surface area contributed by atoms with Crippen molar-refractivity contribution in [3.63, 3.8) is 0 Å². The zero-order chi connectivity index (χ0) is 15.7. The molecule has 0 unspecified atom stereocenters. The molecule has 0 fully saturated rings. The average Bonchev–Trinajstić information content (AvgIpc) is 2.85. The fourth-order valence-electron chi connectivity index (χ4n) is 3.15. The van der Waals surface area contributed by atoms with E-state index in [9.17, 15) is 14.6 Å². The van der Waals surface area contributed by atoms with Gasteiger partial charge in [0.05, 0.1) is 12.2 Å². The molecule has 0 amide bonds. The van der Waals surface area contributed by atoms with Gasteiger partial charge in [0, 0.05) is 12.6 Å². The van der Waals surface area contributed by atoms with E-state index in [1.54, 1.807) is 12.1 Å². The van der Waals surface area contributed by atoms with Crippen LogP contribution in [0.25, 0.3) is 0 Å². The molecule has 0 aliphatic heterocycles. The lowest BCUT2D eigenvalue weighted by Crippen LogP contribution is -2.37. The highest BCUT2D eigenvalue weighted by Gasteiger charge is 2.33. The molecule has 22 heavy (non-hydrogen) atoms. The van der Waals surface area contributed by atoms with Gasteiger partial charge in [0.15, 0.2) is 0 Å². The van der Waals surface area contributed by atoms with Crippen molar-refractivity contribution in [2.24, 2.45) is 0 Å². The summed E-state index contributed by atoms with van der Waals surface area (Å²) in [5.74, 6) is -0.314.